The van der Waals surface area contributed by atoms with Gasteiger partial charge in [-0.2, -0.15) is 4.98 Å². The average Bonchev–Trinajstić information content (AvgIpc) is 3.36. The minimum Gasteiger partial charge on any atom is -0.467 e. The van der Waals surface area contributed by atoms with E-state index < -0.39 is 0 Å². The number of rotatable bonds is 6. The number of tetrazole rings is 1. The number of nitrogens with zero attached hydrogens (tertiary/aromatic N) is 6. The molecule has 1 aromatic carbocycles. The zero-order valence-corrected chi connectivity index (χ0v) is 14.3. The third-order valence-electron chi connectivity index (χ3n) is 3.27. The lowest BCUT2D eigenvalue weighted by molar-refractivity contribution is 0.425. The summed E-state index contributed by atoms with van der Waals surface area (Å²) < 4.78 is 12.3. The van der Waals surface area contributed by atoms with Crippen molar-refractivity contribution in [3.05, 3.63) is 59.3 Å². The molecule has 25 heavy (non-hydrogen) atoms. The number of aromatic nitrogens is 6. The third kappa shape index (κ3) is 3.72. The monoisotopic (exact) mass is 374 g/mol. The standard InChI is InChI=1S/C15H11ClN6O2S/c16-11-5-3-10(4-6-11)14-17-13(19-24-14)9-25-15-18-20-21-22(15)8-12-2-1-7-23-12/h1-7H,8-9H2. The fourth-order valence-electron chi connectivity index (χ4n) is 2.10. The lowest BCUT2D eigenvalue weighted by Crippen LogP contribution is -2.03. The second kappa shape index (κ2) is 7.08. The molecule has 0 spiro atoms. The number of thioether (sulfide) groups is 1. The summed E-state index contributed by atoms with van der Waals surface area (Å²) >= 11 is 7.30. The van der Waals surface area contributed by atoms with Crippen LogP contribution in [0.4, 0.5) is 0 Å². The molecule has 4 rings (SSSR count). The minimum atomic E-state index is 0.447. The Morgan fingerprint density at radius 2 is 2.04 bits per heavy atom. The molecule has 0 atom stereocenters. The van der Waals surface area contributed by atoms with Gasteiger partial charge >= 0.3 is 0 Å². The van der Waals surface area contributed by atoms with Crippen LogP contribution in [-0.4, -0.2) is 30.3 Å². The summed E-state index contributed by atoms with van der Waals surface area (Å²) in [5.41, 5.74) is 0.816. The molecule has 0 aliphatic heterocycles. The fourth-order valence-corrected chi connectivity index (χ4v) is 2.95. The van der Waals surface area contributed by atoms with Crippen LogP contribution in [0.15, 0.2) is 56.8 Å². The smallest absolute Gasteiger partial charge is 0.257 e. The average molecular weight is 375 g/mol. The maximum atomic E-state index is 5.88. The molecule has 0 fully saturated rings. The van der Waals surface area contributed by atoms with Gasteiger partial charge in [-0.25, -0.2) is 4.68 Å². The molecule has 0 radical (unpaired) electrons. The van der Waals surface area contributed by atoms with E-state index in [1.807, 2.05) is 24.3 Å². The first-order valence-electron chi connectivity index (χ1n) is 7.28. The topological polar surface area (TPSA) is 95.7 Å². The molecule has 3 heterocycles. The molecule has 0 bridgehead atoms. The lowest BCUT2D eigenvalue weighted by Gasteiger charge is -2.00. The molecule has 0 aliphatic carbocycles. The summed E-state index contributed by atoms with van der Waals surface area (Å²) in [7, 11) is 0. The Morgan fingerprint density at radius 3 is 2.84 bits per heavy atom. The summed E-state index contributed by atoms with van der Waals surface area (Å²) in [6.45, 7) is 0.463. The highest BCUT2D eigenvalue weighted by Crippen LogP contribution is 2.23. The van der Waals surface area contributed by atoms with Crippen LogP contribution in [0.3, 0.4) is 0 Å². The van der Waals surface area contributed by atoms with Crippen molar-refractivity contribution in [1.82, 2.24) is 30.3 Å². The van der Waals surface area contributed by atoms with Crippen LogP contribution in [-0.2, 0) is 12.3 Å². The van der Waals surface area contributed by atoms with Gasteiger partial charge in [0.25, 0.3) is 5.89 Å². The SMILES string of the molecule is Clc1ccc(-c2nc(CSc3nnnn3Cc3ccco3)no2)cc1. The Balaban J connectivity index is 1.42. The Hall–Kier alpha value is -2.65. The highest BCUT2D eigenvalue weighted by Gasteiger charge is 2.13. The van der Waals surface area contributed by atoms with Crippen molar-refractivity contribution in [3.63, 3.8) is 0 Å². The third-order valence-corrected chi connectivity index (χ3v) is 4.48. The van der Waals surface area contributed by atoms with Gasteiger partial charge in [-0.05, 0) is 46.8 Å². The number of benzene rings is 1. The molecule has 0 unspecified atom stereocenters. The highest BCUT2D eigenvalue weighted by atomic mass is 35.5. The maximum absolute atomic E-state index is 5.88. The summed E-state index contributed by atoms with van der Waals surface area (Å²) in [6.07, 6.45) is 1.62. The number of halogens is 1. The van der Waals surface area contributed by atoms with Crippen molar-refractivity contribution in [3.8, 4) is 11.5 Å². The van der Waals surface area contributed by atoms with Crippen LogP contribution in [0.5, 0.6) is 0 Å². The first-order valence-corrected chi connectivity index (χ1v) is 8.64. The zero-order valence-electron chi connectivity index (χ0n) is 12.7. The Bertz CT molecular complexity index is 951. The van der Waals surface area contributed by atoms with Crippen molar-refractivity contribution in [2.45, 2.75) is 17.5 Å². The van der Waals surface area contributed by atoms with Crippen LogP contribution >= 0.6 is 23.4 Å². The van der Waals surface area contributed by atoms with Gasteiger partial charge in [-0.3, -0.25) is 0 Å². The Morgan fingerprint density at radius 1 is 1.16 bits per heavy atom. The van der Waals surface area contributed by atoms with Crippen molar-refractivity contribution < 1.29 is 8.94 Å². The molecule has 126 valence electrons. The summed E-state index contributed by atoms with van der Waals surface area (Å²) in [5.74, 6) is 2.26. The molecule has 10 heteroatoms. The van der Waals surface area contributed by atoms with E-state index in [1.165, 1.54) is 11.8 Å². The number of furan rings is 1. The van der Waals surface area contributed by atoms with E-state index in [9.17, 15) is 0 Å². The summed E-state index contributed by atoms with van der Waals surface area (Å²) in [6, 6.07) is 10.9. The molecule has 0 N–H and O–H groups in total. The molecule has 4 aromatic rings. The van der Waals surface area contributed by atoms with Gasteiger partial charge in [0.05, 0.1) is 12.0 Å². The van der Waals surface area contributed by atoms with Gasteiger partial charge in [-0.1, -0.05) is 28.5 Å². The number of hydrogen-bond donors (Lipinski definition) is 0. The first kappa shape index (κ1) is 15.9. The predicted octanol–water partition coefficient (Wildman–Crippen LogP) is 3.31. The van der Waals surface area contributed by atoms with E-state index in [1.54, 1.807) is 23.1 Å². The predicted molar refractivity (Wildman–Crippen MR) is 89.9 cm³/mol. The maximum Gasteiger partial charge on any atom is 0.257 e. The Kier molecular flexibility index (Phi) is 4.49. The van der Waals surface area contributed by atoms with Crippen molar-refractivity contribution in [1.29, 1.82) is 0 Å². The second-order valence-corrected chi connectivity index (χ2v) is 6.39. The van der Waals surface area contributed by atoms with Crippen LogP contribution < -0.4 is 0 Å². The van der Waals surface area contributed by atoms with Gasteiger partial charge in [0.1, 0.15) is 12.3 Å². The van der Waals surface area contributed by atoms with Crippen molar-refractivity contribution in [2.75, 3.05) is 0 Å². The van der Waals surface area contributed by atoms with Gasteiger partial charge < -0.3 is 8.94 Å². The van der Waals surface area contributed by atoms with E-state index >= 15 is 0 Å². The molecule has 3 aromatic heterocycles. The molecule has 0 saturated heterocycles. The van der Waals surface area contributed by atoms with Gasteiger partial charge in [0.15, 0.2) is 5.82 Å². The van der Waals surface area contributed by atoms with Crippen LogP contribution in [0.25, 0.3) is 11.5 Å². The highest BCUT2D eigenvalue weighted by molar-refractivity contribution is 7.98. The second-order valence-electron chi connectivity index (χ2n) is 5.01. The zero-order chi connectivity index (χ0) is 17.1. The quantitative estimate of drug-likeness (QED) is 0.474. The molecular weight excluding hydrogens is 364 g/mol. The Labute approximate surface area is 151 Å². The van der Waals surface area contributed by atoms with E-state index in [2.05, 4.69) is 25.7 Å². The first-order chi connectivity index (χ1) is 12.3. The van der Waals surface area contributed by atoms with Gasteiger partial charge in [0.2, 0.25) is 5.16 Å². The summed E-state index contributed by atoms with van der Waals surface area (Å²) in [4.78, 5) is 4.38. The van der Waals surface area contributed by atoms with E-state index in [0.717, 1.165) is 11.3 Å². The van der Waals surface area contributed by atoms with Crippen molar-refractivity contribution in [2.24, 2.45) is 0 Å². The normalized spacial score (nSPS) is 11.1. The summed E-state index contributed by atoms with van der Waals surface area (Å²) in [5, 5.41) is 17.0. The molecule has 0 saturated carbocycles. The fraction of sp³-hybridized carbons (Fsp3) is 0.133. The van der Waals surface area contributed by atoms with E-state index in [4.69, 9.17) is 20.5 Å². The van der Waals surface area contributed by atoms with Crippen LogP contribution in [0.2, 0.25) is 5.02 Å². The van der Waals surface area contributed by atoms with Crippen LogP contribution in [0, 0.1) is 0 Å². The van der Waals surface area contributed by atoms with E-state index in [0.29, 0.717) is 34.2 Å². The number of hydrogen-bond acceptors (Lipinski definition) is 8. The molecule has 0 amide bonds. The molecule has 8 nitrogen and oxygen atoms in total. The molecule has 0 aliphatic rings. The minimum absolute atomic E-state index is 0.447. The van der Waals surface area contributed by atoms with Crippen LogP contribution in [0.1, 0.15) is 11.6 Å². The van der Waals surface area contributed by atoms with Gasteiger partial charge in [-0.15, -0.1) is 5.10 Å². The molecular formula is C15H11ClN6O2S. The van der Waals surface area contributed by atoms with Gasteiger partial charge in [0, 0.05) is 10.6 Å². The van der Waals surface area contributed by atoms with E-state index in [-0.39, 0.29) is 0 Å². The largest absolute Gasteiger partial charge is 0.467 e. The van der Waals surface area contributed by atoms with Crippen molar-refractivity contribution >= 4 is 23.4 Å². The lowest BCUT2D eigenvalue weighted by atomic mass is 10.2.